The zero-order valence-corrected chi connectivity index (χ0v) is 12.3. The fourth-order valence-electron chi connectivity index (χ4n) is 1.60. The largest absolute Gasteiger partial charge is 0.480 e. The van der Waals surface area contributed by atoms with Gasteiger partial charge in [0.25, 0.3) is 0 Å². The molecule has 0 spiro atoms. The standard InChI is InChI=1S/C13H24N2O5/c1-5-7(2)11(13(19)20)15-12(18)9(4)14-10(17)6-8(3)16/h7-9,11,16H,5-6H2,1-4H3,(H,14,17)(H,15,18)(H,19,20). The molecule has 0 aromatic rings. The maximum Gasteiger partial charge on any atom is 0.326 e. The molecular weight excluding hydrogens is 264 g/mol. The monoisotopic (exact) mass is 288 g/mol. The molecular formula is C13H24N2O5. The van der Waals surface area contributed by atoms with Crippen molar-refractivity contribution in [3.05, 3.63) is 0 Å². The van der Waals surface area contributed by atoms with Crippen molar-refractivity contribution in [1.82, 2.24) is 10.6 Å². The first-order chi connectivity index (χ1) is 9.18. The van der Waals surface area contributed by atoms with E-state index in [0.717, 1.165) is 0 Å². The lowest BCUT2D eigenvalue weighted by Crippen LogP contribution is -2.52. The van der Waals surface area contributed by atoms with E-state index in [1.807, 2.05) is 6.92 Å². The summed E-state index contributed by atoms with van der Waals surface area (Å²) in [5, 5.41) is 22.9. The number of nitrogens with one attached hydrogen (secondary N) is 2. The maximum atomic E-state index is 11.8. The molecule has 0 aliphatic rings. The van der Waals surface area contributed by atoms with Gasteiger partial charge in [-0.3, -0.25) is 9.59 Å². The number of carbonyl (C=O) groups is 3. The topological polar surface area (TPSA) is 116 Å². The molecule has 0 aromatic carbocycles. The van der Waals surface area contributed by atoms with Crippen molar-refractivity contribution in [2.24, 2.45) is 5.92 Å². The minimum Gasteiger partial charge on any atom is -0.480 e. The summed E-state index contributed by atoms with van der Waals surface area (Å²) >= 11 is 0. The van der Waals surface area contributed by atoms with Crippen molar-refractivity contribution in [3.8, 4) is 0 Å². The van der Waals surface area contributed by atoms with Crippen molar-refractivity contribution >= 4 is 17.8 Å². The molecule has 7 nitrogen and oxygen atoms in total. The van der Waals surface area contributed by atoms with Crippen LogP contribution in [0.5, 0.6) is 0 Å². The third kappa shape index (κ3) is 6.51. The van der Waals surface area contributed by atoms with Crippen LogP contribution in [-0.4, -0.2) is 46.2 Å². The number of carboxylic acids is 1. The Bertz CT molecular complexity index is 357. The van der Waals surface area contributed by atoms with E-state index in [-0.39, 0.29) is 12.3 Å². The van der Waals surface area contributed by atoms with E-state index in [1.165, 1.54) is 13.8 Å². The SMILES string of the molecule is CCC(C)C(NC(=O)C(C)NC(=O)CC(C)O)C(=O)O. The summed E-state index contributed by atoms with van der Waals surface area (Å²) in [7, 11) is 0. The van der Waals surface area contributed by atoms with Crippen LogP contribution >= 0.6 is 0 Å². The Labute approximate surface area is 118 Å². The van der Waals surface area contributed by atoms with Crippen LogP contribution in [0.1, 0.15) is 40.5 Å². The number of hydrogen-bond donors (Lipinski definition) is 4. The molecule has 0 rings (SSSR count). The number of aliphatic hydroxyl groups excluding tert-OH is 1. The van der Waals surface area contributed by atoms with Crippen LogP contribution in [0.15, 0.2) is 0 Å². The summed E-state index contributed by atoms with van der Waals surface area (Å²) in [6, 6.07) is -1.84. The van der Waals surface area contributed by atoms with E-state index in [2.05, 4.69) is 10.6 Å². The second-order valence-electron chi connectivity index (χ2n) is 5.05. The lowest BCUT2D eigenvalue weighted by molar-refractivity contribution is -0.143. The first-order valence-electron chi connectivity index (χ1n) is 6.69. The average Bonchev–Trinajstić information content (AvgIpc) is 2.32. The Kier molecular flexibility index (Phi) is 7.83. The Morgan fingerprint density at radius 3 is 2.05 bits per heavy atom. The van der Waals surface area contributed by atoms with Gasteiger partial charge in [-0.05, 0) is 19.8 Å². The van der Waals surface area contributed by atoms with E-state index >= 15 is 0 Å². The minimum atomic E-state index is -1.10. The van der Waals surface area contributed by atoms with Crippen LogP contribution < -0.4 is 10.6 Å². The molecule has 4 atom stereocenters. The van der Waals surface area contributed by atoms with Gasteiger partial charge in [0.2, 0.25) is 11.8 Å². The smallest absolute Gasteiger partial charge is 0.326 e. The lowest BCUT2D eigenvalue weighted by atomic mass is 9.99. The van der Waals surface area contributed by atoms with E-state index in [1.54, 1.807) is 6.92 Å². The summed E-state index contributed by atoms with van der Waals surface area (Å²) in [5.41, 5.74) is 0. The van der Waals surface area contributed by atoms with Crippen LogP contribution in [0, 0.1) is 5.92 Å². The van der Waals surface area contributed by atoms with Gasteiger partial charge in [-0.15, -0.1) is 0 Å². The zero-order valence-electron chi connectivity index (χ0n) is 12.3. The van der Waals surface area contributed by atoms with Crippen molar-refractivity contribution < 1.29 is 24.6 Å². The van der Waals surface area contributed by atoms with Gasteiger partial charge in [0.05, 0.1) is 12.5 Å². The summed E-state index contributed by atoms with van der Waals surface area (Å²) < 4.78 is 0. The number of carbonyl (C=O) groups excluding carboxylic acids is 2. The molecule has 116 valence electrons. The minimum absolute atomic E-state index is 0.106. The van der Waals surface area contributed by atoms with Gasteiger partial charge in [-0.25, -0.2) is 4.79 Å². The molecule has 0 aromatic heterocycles. The fourth-order valence-corrected chi connectivity index (χ4v) is 1.60. The van der Waals surface area contributed by atoms with Crippen molar-refractivity contribution in [3.63, 3.8) is 0 Å². The lowest BCUT2D eigenvalue weighted by Gasteiger charge is -2.22. The van der Waals surface area contributed by atoms with Gasteiger partial charge in [0, 0.05) is 0 Å². The number of amides is 2. The Balaban J connectivity index is 4.50. The van der Waals surface area contributed by atoms with Gasteiger partial charge < -0.3 is 20.8 Å². The third-order valence-corrected chi connectivity index (χ3v) is 3.03. The van der Waals surface area contributed by atoms with Crippen molar-refractivity contribution in [2.75, 3.05) is 0 Å². The van der Waals surface area contributed by atoms with Crippen LogP contribution in [0.3, 0.4) is 0 Å². The van der Waals surface area contributed by atoms with E-state index in [0.29, 0.717) is 6.42 Å². The summed E-state index contributed by atoms with van der Waals surface area (Å²) in [6.45, 7) is 6.49. The second kappa shape index (κ2) is 8.52. The van der Waals surface area contributed by atoms with Crippen LogP contribution in [0.2, 0.25) is 0 Å². The molecule has 0 radical (unpaired) electrons. The quantitative estimate of drug-likeness (QED) is 0.497. The maximum absolute atomic E-state index is 11.8. The van der Waals surface area contributed by atoms with E-state index < -0.39 is 36.0 Å². The number of aliphatic hydroxyl groups is 1. The van der Waals surface area contributed by atoms with Gasteiger partial charge in [0.1, 0.15) is 12.1 Å². The molecule has 0 aliphatic heterocycles. The molecule has 0 heterocycles. The van der Waals surface area contributed by atoms with Crippen molar-refractivity contribution in [2.45, 2.75) is 58.7 Å². The number of aliphatic carboxylic acids is 1. The molecule has 0 aliphatic carbocycles. The Morgan fingerprint density at radius 1 is 1.10 bits per heavy atom. The van der Waals surface area contributed by atoms with Gasteiger partial charge in [-0.2, -0.15) is 0 Å². The first-order valence-corrected chi connectivity index (χ1v) is 6.69. The highest BCUT2D eigenvalue weighted by Crippen LogP contribution is 2.08. The highest BCUT2D eigenvalue weighted by Gasteiger charge is 2.27. The van der Waals surface area contributed by atoms with Crippen LogP contribution in [0.4, 0.5) is 0 Å². The van der Waals surface area contributed by atoms with E-state index in [4.69, 9.17) is 10.2 Å². The molecule has 0 fully saturated rings. The second-order valence-corrected chi connectivity index (χ2v) is 5.05. The molecule has 2 amide bonds. The highest BCUT2D eigenvalue weighted by molar-refractivity contribution is 5.90. The summed E-state index contributed by atoms with van der Waals surface area (Å²) in [5.74, 6) is -2.33. The molecule has 20 heavy (non-hydrogen) atoms. The Morgan fingerprint density at radius 2 is 1.65 bits per heavy atom. The third-order valence-electron chi connectivity index (χ3n) is 3.03. The molecule has 7 heteroatoms. The summed E-state index contributed by atoms with van der Waals surface area (Å²) in [4.78, 5) is 34.3. The van der Waals surface area contributed by atoms with Gasteiger partial charge in [-0.1, -0.05) is 20.3 Å². The predicted molar refractivity (Wildman–Crippen MR) is 72.9 cm³/mol. The zero-order chi connectivity index (χ0) is 15.9. The van der Waals surface area contributed by atoms with Crippen LogP contribution in [0.25, 0.3) is 0 Å². The predicted octanol–water partition coefficient (Wildman–Crippen LogP) is -0.122. The summed E-state index contributed by atoms with van der Waals surface area (Å²) in [6.07, 6.45) is -0.289. The molecule has 0 saturated heterocycles. The number of hydrogen-bond acceptors (Lipinski definition) is 4. The van der Waals surface area contributed by atoms with Crippen LogP contribution in [-0.2, 0) is 14.4 Å². The van der Waals surface area contributed by atoms with Crippen molar-refractivity contribution in [1.29, 1.82) is 0 Å². The molecule has 4 N–H and O–H groups in total. The van der Waals surface area contributed by atoms with Gasteiger partial charge >= 0.3 is 5.97 Å². The normalized spacial score (nSPS) is 16.6. The first kappa shape index (κ1) is 18.4. The molecule has 0 saturated carbocycles. The fraction of sp³-hybridized carbons (Fsp3) is 0.769. The number of carboxylic acid groups (broad SMARTS) is 1. The average molecular weight is 288 g/mol. The van der Waals surface area contributed by atoms with Gasteiger partial charge in [0.15, 0.2) is 0 Å². The molecule has 4 unspecified atom stereocenters. The molecule has 0 bridgehead atoms. The Hall–Kier alpha value is -1.63. The number of rotatable bonds is 8. The highest BCUT2D eigenvalue weighted by atomic mass is 16.4. The van der Waals surface area contributed by atoms with E-state index in [9.17, 15) is 14.4 Å².